The van der Waals surface area contributed by atoms with Gasteiger partial charge in [-0.2, -0.15) is 0 Å². The number of rotatable bonds is 2. The molecule has 0 radical (unpaired) electrons. The van der Waals surface area contributed by atoms with Crippen LogP contribution in [0.3, 0.4) is 0 Å². The van der Waals surface area contributed by atoms with Gasteiger partial charge in [0.1, 0.15) is 0 Å². The summed E-state index contributed by atoms with van der Waals surface area (Å²) in [7, 11) is 0. The summed E-state index contributed by atoms with van der Waals surface area (Å²) in [5.41, 5.74) is 0.606. The van der Waals surface area contributed by atoms with Crippen LogP contribution in [0.4, 0.5) is 0 Å². The molecule has 0 amide bonds. The van der Waals surface area contributed by atoms with Crippen molar-refractivity contribution < 1.29 is 46.0 Å². The average Bonchev–Trinajstić information content (AvgIpc) is 2.04. The predicted molar refractivity (Wildman–Crippen MR) is 40.4 cm³/mol. The molecule has 0 fully saturated rings. The van der Waals surface area contributed by atoms with Gasteiger partial charge in [-0.05, 0) is 11.6 Å². The summed E-state index contributed by atoms with van der Waals surface area (Å²) in [6, 6.07) is 6.37. The molecule has 1 aromatic rings. The fourth-order valence-electron chi connectivity index (χ4n) is 0.867. The maximum Gasteiger partial charge on any atom is 1.00 e. The molecule has 0 bridgehead atoms. The summed E-state index contributed by atoms with van der Waals surface area (Å²) >= 11 is 0. The van der Waals surface area contributed by atoms with Crippen LogP contribution in [0.15, 0.2) is 24.3 Å². The van der Waals surface area contributed by atoms with E-state index in [1.165, 1.54) is 6.07 Å². The zero-order chi connectivity index (χ0) is 8.27. The van der Waals surface area contributed by atoms with Crippen LogP contribution in [0.25, 0.3) is 0 Å². The van der Waals surface area contributed by atoms with E-state index < -0.39 is 5.97 Å². The van der Waals surface area contributed by atoms with E-state index in [-0.39, 0.29) is 43.2 Å². The fraction of sp³-hybridized carbons (Fsp3) is 0.125. The topological polar surface area (TPSA) is 57.5 Å². The van der Waals surface area contributed by atoms with Crippen LogP contribution in [-0.2, 0) is 6.61 Å². The standard InChI is InChI=1S/C8H8O3.Na.H/c9-5-6-3-1-2-4-7(6)8(10)11;;/h1-4,9H,5H2,(H,10,11);;/q;+1;-1. The average molecular weight is 176 g/mol. The first-order valence-electron chi connectivity index (χ1n) is 3.17. The molecule has 0 saturated heterocycles. The quantitative estimate of drug-likeness (QED) is 0.512. The molecule has 0 aliphatic carbocycles. The minimum atomic E-state index is -1.00. The molecule has 0 unspecified atom stereocenters. The molecule has 4 heteroatoms. The summed E-state index contributed by atoms with van der Waals surface area (Å²) < 4.78 is 0. The summed E-state index contributed by atoms with van der Waals surface area (Å²) in [4.78, 5) is 10.5. The minimum absolute atomic E-state index is 0. The Morgan fingerprint density at radius 3 is 2.42 bits per heavy atom. The van der Waals surface area contributed by atoms with Gasteiger partial charge in [0.15, 0.2) is 0 Å². The monoisotopic (exact) mass is 176 g/mol. The molecule has 3 nitrogen and oxygen atoms in total. The third-order valence-electron chi connectivity index (χ3n) is 1.42. The molecule has 0 aliphatic heterocycles. The van der Waals surface area contributed by atoms with E-state index in [4.69, 9.17) is 10.2 Å². The van der Waals surface area contributed by atoms with Crippen molar-refractivity contribution in [3.8, 4) is 0 Å². The first-order valence-corrected chi connectivity index (χ1v) is 3.17. The van der Waals surface area contributed by atoms with E-state index in [9.17, 15) is 4.79 Å². The van der Waals surface area contributed by atoms with Crippen molar-refractivity contribution >= 4 is 5.97 Å². The van der Waals surface area contributed by atoms with E-state index in [1.807, 2.05) is 0 Å². The number of aliphatic hydroxyl groups excluding tert-OH is 1. The zero-order valence-corrected chi connectivity index (χ0v) is 8.82. The summed E-state index contributed by atoms with van der Waals surface area (Å²) in [6.07, 6.45) is 0. The molecule has 1 rings (SSSR count). The Bertz CT molecular complexity index is 278. The molecule has 2 N–H and O–H groups in total. The number of aliphatic hydroxyl groups is 1. The third kappa shape index (κ3) is 2.60. The molecule has 0 atom stereocenters. The van der Waals surface area contributed by atoms with Gasteiger partial charge < -0.3 is 11.6 Å². The number of carbonyl (C=O) groups is 1. The Labute approximate surface area is 93.8 Å². The Morgan fingerprint density at radius 1 is 1.42 bits per heavy atom. The molecule has 0 saturated carbocycles. The van der Waals surface area contributed by atoms with Gasteiger partial charge in [-0.1, -0.05) is 18.2 Å². The second-order valence-electron chi connectivity index (χ2n) is 2.12. The van der Waals surface area contributed by atoms with Gasteiger partial charge in [0.05, 0.1) is 12.2 Å². The first-order chi connectivity index (χ1) is 5.25. The molecular formula is C8H9NaO3. The summed E-state index contributed by atoms with van der Waals surface area (Å²) in [6.45, 7) is -0.234. The zero-order valence-electron chi connectivity index (χ0n) is 7.82. The van der Waals surface area contributed by atoms with Crippen molar-refractivity contribution in [1.82, 2.24) is 0 Å². The maximum atomic E-state index is 10.5. The van der Waals surface area contributed by atoms with Crippen molar-refractivity contribution in [3.05, 3.63) is 35.4 Å². The van der Waals surface area contributed by atoms with Gasteiger partial charge in [0.2, 0.25) is 0 Å². The molecular weight excluding hydrogens is 167 g/mol. The van der Waals surface area contributed by atoms with Gasteiger partial charge in [-0.15, -0.1) is 0 Å². The summed E-state index contributed by atoms with van der Waals surface area (Å²) in [5.74, 6) is -1.00. The van der Waals surface area contributed by atoms with Crippen molar-refractivity contribution in [2.24, 2.45) is 0 Å². The fourth-order valence-corrected chi connectivity index (χ4v) is 0.867. The van der Waals surface area contributed by atoms with Crippen molar-refractivity contribution in [1.29, 1.82) is 0 Å². The molecule has 0 aromatic heterocycles. The number of aromatic carboxylic acids is 1. The third-order valence-corrected chi connectivity index (χ3v) is 1.42. The largest absolute Gasteiger partial charge is 1.00 e. The van der Waals surface area contributed by atoms with Gasteiger partial charge in [-0.25, -0.2) is 4.79 Å². The Balaban J connectivity index is 0. The van der Waals surface area contributed by atoms with E-state index in [1.54, 1.807) is 18.2 Å². The van der Waals surface area contributed by atoms with Crippen LogP contribution in [0.2, 0.25) is 0 Å². The number of hydrogen-bond acceptors (Lipinski definition) is 2. The van der Waals surface area contributed by atoms with Gasteiger partial charge in [-0.3, -0.25) is 0 Å². The van der Waals surface area contributed by atoms with Gasteiger partial charge in [0.25, 0.3) is 0 Å². The van der Waals surface area contributed by atoms with E-state index in [0.717, 1.165) is 0 Å². The molecule has 0 spiro atoms. The van der Waals surface area contributed by atoms with Crippen molar-refractivity contribution in [3.63, 3.8) is 0 Å². The molecule has 12 heavy (non-hydrogen) atoms. The SMILES string of the molecule is O=C(O)c1ccccc1CO.[H-].[Na+]. The molecule has 1 aromatic carbocycles. The smallest absolute Gasteiger partial charge is 1.00 e. The first kappa shape index (κ1) is 11.6. The van der Waals surface area contributed by atoms with Crippen LogP contribution in [0.5, 0.6) is 0 Å². The second kappa shape index (κ2) is 5.32. The minimum Gasteiger partial charge on any atom is -1.00 e. The van der Waals surface area contributed by atoms with E-state index >= 15 is 0 Å². The number of benzene rings is 1. The van der Waals surface area contributed by atoms with E-state index in [2.05, 4.69) is 0 Å². The Kier molecular flexibility index (Phi) is 5.17. The number of carboxylic acids is 1. The Morgan fingerprint density at radius 2 is 2.00 bits per heavy atom. The number of hydrogen-bond donors (Lipinski definition) is 2. The van der Waals surface area contributed by atoms with Gasteiger partial charge in [0, 0.05) is 0 Å². The van der Waals surface area contributed by atoms with Crippen LogP contribution < -0.4 is 29.6 Å². The van der Waals surface area contributed by atoms with Crippen LogP contribution in [0.1, 0.15) is 17.3 Å². The van der Waals surface area contributed by atoms with Crippen LogP contribution in [0, 0.1) is 0 Å². The molecule has 60 valence electrons. The Hall–Kier alpha value is -0.350. The second-order valence-corrected chi connectivity index (χ2v) is 2.12. The summed E-state index contributed by atoms with van der Waals surface area (Å²) in [5, 5.41) is 17.3. The van der Waals surface area contributed by atoms with Gasteiger partial charge >= 0.3 is 35.5 Å². The predicted octanol–water partition coefficient (Wildman–Crippen LogP) is -2.01. The normalized spacial score (nSPS) is 8.75. The van der Waals surface area contributed by atoms with Crippen LogP contribution in [-0.4, -0.2) is 16.2 Å². The van der Waals surface area contributed by atoms with Crippen LogP contribution >= 0.6 is 0 Å². The molecule has 0 aliphatic rings. The van der Waals surface area contributed by atoms with E-state index in [0.29, 0.717) is 5.56 Å². The number of carboxylic acid groups (broad SMARTS) is 1. The van der Waals surface area contributed by atoms with Crippen molar-refractivity contribution in [2.45, 2.75) is 6.61 Å². The molecule has 0 heterocycles. The van der Waals surface area contributed by atoms with Crippen molar-refractivity contribution in [2.75, 3.05) is 0 Å². The maximum absolute atomic E-state index is 10.5.